The van der Waals surface area contributed by atoms with E-state index < -0.39 is 10.0 Å². The molecule has 122 valence electrons. The van der Waals surface area contributed by atoms with Crippen LogP contribution in [-0.2, 0) is 10.0 Å². The van der Waals surface area contributed by atoms with Gasteiger partial charge in [0.25, 0.3) is 10.0 Å². The molecule has 1 aliphatic heterocycles. The average Bonchev–Trinajstić information content (AvgIpc) is 2.45. The van der Waals surface area contributed by atoms with Crippen molar-refractivity contribution in [3.05, 3.63) is 52.5 Å². The van der Waals surface area contributed by atoms with Gasteiger partial charge in [-0.1, -0.05) is 28.1 Å². The molecule has 2 aromatic rings. The van der Waals surface area contributed by atoms with Crippen LogP contribution in [-0.4, -0.2) is 28.6 Å². The SMILES string of the molecule is COc1ccc(Br)cc1S(=O)(=O)Nc1cccc(C2CNC2)c1. The van der Waals surface area contributed by atoms with Crippen molar-refractivity contribution in [2.45, 2.75) is 10.8 Å². The molecule has 7 heteroatoms. The van der Waals surface area contributed by atoms with Crippen LogP contribution in [0.15, 0.2) is 51.8 Å². The highest BCUT2D eigenvalue weighted by molar-refractivity contribution is 9.10. The highest BCUT2D eigenvalue weighted by Crippen LogP contribution is 2.30. The van der Waals surface area contributed by atoms with Crippen LogP contribution in [0.2, 0.25) is 0 Å². The van der Waals surface area contributed by atoms with Crippen molar-refractivity contribution in [1.82, 2.24) is 5.32 Å². The molecule has 0 bridgehead atoms. The molecule has 1 aliphatic rings. The lowest BCUT2D eigenvalue weighted by Crippen LogP contribution is -2.39. The summed E-state index contributed by atoms with van der Waals surface area (Å²) in [5.74, 6) is 0.750. The Hall–Kier alpha value is -1.57. The lowest BCUT2D eigenvalue weighted by molar-refractivity contribution is 0.403. The number of hydrogen-bond donors (Lipinski definition) is 2. The predicted molar refractivity (Wildman–Crippen MR) is 93.6 cm³/mol. The van der Waals surface area contributed by atoms with Crippen molar-refractivity contribution in [3.63, 3.8) is 0 Å². The topological polar surface area (TPSA) is 67.4 Å². The van der Waals surface area contributed by atoms with Gasteiger partial charge in [0.1, 0.15) is 10.6 Å². The summed E-state index contributed by atoms with van der Waals surface area (Å²) in [5, 5.41) is 3.21. The molecule has 0 aliphatic carbocycles. The van der Waals surface area contributed by atoms with Gasteiger partial charge in [0.05, 0.1) is 7.11 Å². The zero-order chi connectivity index (χ0) is 16.4. The summed E-state index contributed by atoms with van der Waals surface area (Å²) in [6.45, 7) is 1.85. The molecule has 0 unspecified atom stereocenters. The second-order valence-electron chi connectivity index (χ2n) is 5.38. The van der Waals surface area contributed by atoms with Gasteiger partial charge in [-0.15, -0.1) is 0 Å². The molecule has 1 heterocycles. The number of halogens is 1. The minimum atomic E-state index is -3.73. The molecular weight excluding hydrogens is 380 g/mol. The summed E-state index contributed by atoms with van der Waals surface area (Å²) in [4.78, 5) is 0.102. The number of hydrogen-bond acceptors (Lipinski definition) is 4. The highest BCUT2D eigenvalue weighted by atomic mass is 79.9. The fraction of sp³-hybridized carbons (Fsp3) is 0.250. The first-order valence-corrected chi connectivity index (χ1v) is 9.44. The van der Waals surface area contributed by atoms with Gasteiger partial charge in [-0.05, 0) is 35.9 Å². The Labute approximate surface area is 144 Å². The van der Waals surface area contributed by atoms with Crippen LogP contribution in [0.3, 0.4) is 0 Å². The summed E-state index contributed by atoms with van der Waals surface area (Å²) in [6, 6.07) is 12.4. The maximum Gasteiger partial charge on any atom is 0.265 e. The number of methoxy groups -OCH3 is 1. The molecule has 3 rings (SSSR count). The van der Waals surface area contributed by atoms with Crippen molar-refractivity contribution in [2.75, 3.05) is 24.9 Å². The number of sulfonamides is 1. The lowest BCUT2D eigenvalue weighted by Gasteiger charge is -2.27. The third kappa shape index (κ3) is 3.52. The van der Waals surface area contributed by atoms with Gasteiger partial charge in [-0.25, -0.2) is 8.42 Å². The first kappa shape index (κ1) is 16.3. The monoisotopic (exact) mass is 396 g/mol. The molecule has 0 saturated carbocycles. The first-order chi connectivity index (χ1) is 11.0. The van der Waals surface area contributed by atoms with E-state index in [9.17, 15) is 8.42 Å². The fourth-order valence-electron chi connectivity index (χ4n) is 2.45. The number of rotatable bonds is 5. The van der Waals surface area contributed by atoms with E-state index in [0.29, 0.717) is 21.8 Å². The molecular formula is C16H17BrN2O3S. The predicted octanol–water partition coefficient (Wildman–Crippen LogP) is 2.95. The molecule has 0 spiro atoms. The molecule has 2 N–H and O–H groups in total. The minimum Gasteiger partial charge on any atom is -0.495 e. The number of nitrogens with one attached hydrogen (secondary N) is 2. The fourth-order valence-corrected chi connectivity index (χ4v) is 4.21. The van der Waals surface area contributed by atoms with Crippen LogP contribution in [0.4, 0.5) is 5.69 Å². The standard InChI is InChI=1S/C16H17BrN2O3S/c1-22-15-6-5-13(17)8-16(15)23(20,21)19-14-4-2-3-11(7-14)12-9-18-10-12/h2-8,12,18-19H,9-10H2,1H3. The Balaban J connectivity index is 1.91. The van der Waals surface area contributed by atoms with Crippen LogP contribution in [0, 0.1) is 0 Å². The summed E-state index contributed by atoms with van der Waals surface area (Å²) >= 11 is 3.30. The van der Waals surface area contributed by atoms with E-state index >= 15 is 0 Å². The van der Waals surface area contributed by atoms with Crippen LogP contribution in [0.5, 0.6) is 5.75 Å². The van der Waals surface area contributed by atoms with Crippen molar-refractivity contribution in [2.24, 2.45) is 0 Å². The second-order valence-corrected chi connectivity index (χ2v) is 7.95. The molecule has 23 heavy (non-hydrogen) atoms. The van der Waals surface area contributed by atoms with Crippen LogP contribution >= 0.6 is 15.9 Å². The van der Waals surface area contributed by atoms with Gasteiger partial charge in [-0.2, -0.15) is 0 Å². The molecule has 0 atom stereocenters. The maximum atomic E-state index is 12.7. The smallest absolute Gasteiger partial charge is 0.265 e. The number of ether oxygens (including phenoxy) is 1. The van der Waals surface area contributed by atoms with E-state index in [4.69, 9.17) is 4.74 Å². The van der Waals surface area contributed by atoms with Gasteiger partial charge in [0.15, 0.2) is 0 Å². The Bertz CT molecular complexity index is 820. The van der Waals surface area contributed by atoms with Gasteiger partial charge < -0.3 is 10.1 Å². The minimum absolute atomic E-state index is 0.102. The van der Waals surface area contributed by atoms with Gasteiger partial charge in [0, 0.05) is 29.2 Å². The normalized spacial score (nSPS) is 15.0. The van der Waals surface area contributed by atoms with Crippen molar-refractivity contribution < 1.29 is 13.2 Å². The Kier molecular flexibility index (Phi) is 4.61. The van der Waals surface area contributed by atoms with E-state index in [0.717, 1.165) is 18.7 Å². The number of anilines is 1. The van der Waals surface area contributed by atoms with Crippen molar-refractivity contribution >= 4 is 31.6 Å². The third-order valence-electron chi connectivity index (χ3n) is 3.81. The first-order valence-electron chi connectivity index (χ1n) is 7.16. The van der Waals surface area contributed by atoms with E-state index in [-0.39, 0.29) is 4.90 Å². The van der Waals surface area contributed by atoms with E-state index in [2.05, 4.69) is 26.0 Å². The maximum absolute atomic E-state index is 12.7. The van der Waals surface area contributed by atoms with Gasteiger partial charge >= 0.3 is 0 Å². The Morgan fingerprint density at radius 1 is 1.22 bits per heavy atom. The zero-order valence-electron chi connectivity index (χ0n) is 12.5. The molecule has 0 amide bonds. The number of benzene rings is 2. The van der Waals surface area contributed by atoms with Crippen LogP contribution in [0.1, 0.15) is 11.5 Å². The quantitative estimate of drug-likeness (QED) is 0.814. The zero-order valence-corrected chi connectivity index (χ0v) is 14.9. The molecule has 1 saturated heterocycles. The molecule has 1 fully saturated rings. The molecule has 0 aromatic heterocycles. The van der Waals surface area contributed by atoms with E-state index in [1.165, 1.54) is 13.2 Å². The molecule has 5 nitrogen and oxygen atoms in total. The average molecular weight is 397 g/mol. The highest BCUT2D eigenvalue weighted by Gasteiger charge is 2.22. The Morgan fingerprint density at radius 2 is 2.00 bits per heavy atom. The summed E-state index contributed by atoms with van der Waals surface area (Å²) in [7, 11) is -2.28. The van der Waals surface area contributed by atoms with Crippen molar-refractivity contribution in [3.8, 4) is 5.75 Å². The van der Waals surface area contributed by atoms with E-state index in [1.54, 1.807) is 18.2 Å². The Morgan fingerprint density at radius 3 is 2.65 bits per heavy atom. The third-order valence-corrected chi connectivity index (χ3v) is 5.70. The molecule has 0 radical (unpaired) electrons. The van der Waals surface area contributed by atoms with Gasteiger partial charge in [-0.3, -0.25) is 4.72 Å². The second kappa shape index (κ2) is 6.51. The molecule has 2 aromatic carbocycles. The van der Waals surface area contributed by atoms with Crippen molar-refractivity contribution in [1.29, 1.82) is 0 Å². The summed E-state index contributed by atoms with van der Waals surface area (Å²) in [6.07, 6.45) is 0. The largest absolute Gasteiger partial charge is 0.495 e. The summed E-state index contributed by atoms with van der Waals surface area (Å²) in [5.41, 5.74) is 1.68. The van der Waals surface area contributed by atoms with Gasteiger partial charge in [0.2, 0.25) is 0 Å². The van der Waals surface area contributed by atoms with E-state index in [1.807, 2.05) is 18.2 Å². The van der Waals surface area contributed by atoms with Crippen LogP contribution in [0.25, 0.3) is 0 Å². The van der Waals surface area contributed by atoms with Crippen LogP contribution < -0.4 is 14.8 Å². The lowest BCUT2D eigenvalue weighted by atomic mass is 9.94. The summed E-state index contributed by atoms with van der Waals surface area (Å²) < 4.78 is 33.8.